The maximum absolute atomic E-state index is 9.23. The molecule has 2 fully saturated rings. The molecule has 0 unspecified atom stereocenters. The van der Waals surface area contributed by atoms with Crippen molar-refractivity contribution >= 4 is 0 Å². The number of fused-ring (bicyclic) bond motifs is 1. The Balaban J connectivity index is 2.19. The first-order chi connectivity index (χ1) is 7.76. The molecule has 4 N–H and O–H groups in total. The van der Waals surface area contributed by atoms with Crippen LogP contribution in [-0.4, -0.2) is 92.6 Å². The van der Waals surface area contributed by atoms with Crippen molar-refractivity contribution in [2.75, 3.05) is 40.3 Å². The lowest BCUT2D eigenvalue weighted by molar-refractivity contribution is -0.0295. The summed E-state index contributed by atoms with van der Waals surface area (Å²) < 4.78 is 0. The first-order valence-corrected chi connectivity index (χ1v) is 5.16. The quantitative estimate of drug-likeness (QED) is 0.400. The van der Waals surface area contributed by atoms with Crippen LogP contribution in [0.5, 0.6) is 0 Å². The topological polar surface area (TPSA) is 93.9 Å². The van der Waals surface area contributed by atoms with Crippen molar-refractivity contribution < 1.29 is 20.4 Å². The second-order valence-corrected chi connectivity index (χ2v) is 4.03. The summed E-state index contributed by atoms with van der Waals surface area (Å²) in [4.78, 5) is 6.92. The van der Waals surface area contributed by atoms with Gasteiger partial charge < -0.3 is 20.4 Å². The molecule has 16 heavy (non-hydrogen) atoms. The molecule has 2 heterocycles. The lowest BCUT2D eigenvalue weighted by atomic mass is 10.3. The van der Waals surface area contributed by atoms with E-state index in [2.05, 4.69) is 0 Å². The molecule has 0 atom stereocenters. The van der Waals surface area contributed by atoms with E-state index in [0.717, 1.165) is 0 Å². The van der Waals surface area contributed by atoms with E-state index in [-0.39, 0.29) is 39.3 Å². The second-order valence-electron chi connectivity index (χ2n) is 4.03. The van der Waals surface area contributed by atoms with Gasteiger partial charge in [0, 0.05) is 0 Å². The van der Waals surface area contributed by atoms with Crippen molar-refractivity contribution in [2.45, 2.75) is 12.3 Å². The molecule has 0 aliphatic carbocycles. The van der Waals surface area contributed by atoms with Gasteiger partial charge in [0.1, 0.15) is 0 Å². The Labute approximate surface area is 93.5 Å². The van der Waals surface area contributed by atoms with Crippen LogP contribution in [0.25, 0.3) is 0 Å². The average molecular weight is 234 g/mol. The first-order valence-electron chi connectivity index (χ1n) is 5.16. The molecule has 0 aromatic rings. The fourth-order valence-corrected chi connectivity index (χ4v) is 2.53. The largest absolute Gasteiger partial charge is 0.381 e. The van der Waals surface area contributed by atoms with Gasteiger partial charge in [-0.25, -0.2) is 19.6 Å². The molecule has 0 radical (unpaired) electrons. The minimum atomic E-state index is -0.200. The minimum Gasteiger partial charge on any atom is -0.381 e. The zero-order valence-corrected chi connectivity index (χ0v) is 8.98. The lowest BCUT2D eigenvalue weighted by Gasteiger charge is -2.26. The third-order valence-corrected chi connectivity index (χ3v) is 3.22. The molecule has 94 valence electrons. The molecular formula is C8H18N4O4. The summed E-state index contributed by atoms with van der Waals surface area (Å²) in [5.74, 6) is 0. The van der Waals surface area contributed by atoms with Crippen LogP contribution in [0.15, 0.2) is 0 Å². The Kier molecular flexibility index (Phi) is 3.72. The van der Waals surface area contributed by atoms with Gasteiger partial charge in [-0.05, 0) is 0 Å². The highest BCUT2D eigenvalue weighted by Gasteiger charge is 2.50. The molecule has 2 aliphatic heterocycles. The third kappa shape index (κ3) is 1.73. The van der Waals surface area contributed by atoms with Crippen LogP contribution >= 0.6 is 0 Å². The first kappa shape index (κ1) is 12.1. The fraction of sp³-hybridized carbons (Fsp3) is 1.00. The number of aliphatic hydroxyl groups is 4. The Morgan fingerprint density at radius 3 is 1.06 bits per heavy atom. The Bertz CT molecular complexity index is 200. The van der Waals surface area contributed by atoms with Crippen LogP contribution in [0.3, 0.4) is 0 Å². The normalized spacial score (nSPS) is 33.8. The van der Waals surface area contributed by atoms with Crippen molar-refractivity contribution in [2.24, 2.45) is 0 Å². The molecule has 0 spiro atoms. The third-order valence-electron chi connectivity index (χ3n) is 3.22. The van der Waals surface area contributed by atoms with Crippen molar-refractivity contribution in [3.05, 3.63) is 0 Å². The van der Waals surface area contributed by atoms with Crippen LogP contribution in [0.1, 0.15) is 0 Å². The SMILES string of the molecule is OCN1CN(CO)C2C1N(CO)CN2CO. The summed E-state index contributed by atoms with van der Waals surface area (Å²) >= 11 is 0. The molecule has 2 aliphatic rings. The van der Waals surface area contributed by atoms with Crippen molar-refractivity contribution in [3.63, 3.8) is 0 Å². The van der Waals surface area contributed by atoms with Gasteiger partial charge in [-0.3, -0.25) is 0 Å². The summed E-state index contributed by atoms with van der Waals surface area (Å²) in [6, 6.07) is 0. The van der Waals surface area contributed by atoms with E-state index >= 15 is 0 Å². The van der Waals surface area contributed by atoms with Gasteiger partial charge in [-0.2, -0.15) is 0 Å². The van der Waals surface area contributed by atoms with E-state index in [1.165, 1.54) is 0 Å². The summed E-state index contributed by atoms with van der Waals surface area (Å²) in [6.45, 7) is 0.242. The number of rotatable bonds is 4. The maximum Gasteiger partial charge on any atom is 0.0980 e. The second kappa shape index (κ2) is 4.90. The molecular weight excluding hydrogens is 216 g/mol. The molecule has 8 nitrogen and oxygen atoms in total. The zero-order chi connectivity index (χ0) is 11.7. The molecule has 0 bridgehead atoms. The van der Waals surface area contributed by atoms with Crippen molar-refractivity contribution in [1.82, 2.24) is 19.6 Å². The molecule has 0 aromatic carbocycles. The molecule has 0 aromatic heterocycles. The summed E-state index contributed by atoms with van der Waals surface area (Å²) in [7, 11) is 0. The standard InChI is InChI=1S/C8H18N4O4/c13-3-9-1-10(4-14)8-7(9)11(5-15)2-12(8)6-16/h7-8,13-16H,1-6H2. The lowest BCUT2D eigenvalue weighted by Crippen LogP contribution is -2.46. The highest BCUT2D eigenvalue weighted by Crippen LogP contribution is 2.30. The Morgan fingerprint density at radius 1 is 0.625 bits per heavy atom. The maximum atomic E-state index is 9.23. The average Bonchev–Trinajstić information content (AvgIpc) is 2.85. The number of nitrogens with zero attached hydrogens (tertiary/aromatic N) is 4. The van der Waals surface area contributed by atoms with E-state index < -0.39 is 0 Å². The summed E-state index contributed by atoms with van der Waals surface area (Å²) in [5.41, 5.74) is 0. The van der Waals surface area contributed by atoms with E-state index in [4.69, 9.17) is 0 Å². The van der Waals surface area contributed by atoms with Crippen molar-refractivity contribution in [1.29, 1.82) is 0 Å². The Morgan fingerprint density at radius 2 is 0.875 bits per heavy atom. The van der Waals surface area contributed by atoms with Crippen LogP contribution < -0.4 is 0 Å². The van der Waals surface area contributed by atoms with E-state index in [1.807, 2.05) is 0 Å². The summed E-state index contributed by atoms with van der Waals surface area (Å²) in [5, 5.41) is 36.9. The zero-order valence-electron chi connectivity index (χ0n) is 8.98. The smallest absolute Gasteiger partial charge is 0.0980 e. The molecule has 0 amide bonds. The molecule has 0 saturated carbocycles. The van der Waals surface area contributed by atoms with Gasteiger partial charge in [0.15, 0.2) is 0 Å². The monoisotopic (exact) mass is 234 g/mol. The van der Waals surface area contributed by atoms with E-state index in [1.54, 1.807) is 19.6 Å². The minimum absolute atomic E-state index is 0.145. The number of hydrogen-bond donors (Lipinski definition) is 4. The van der Waals surface area contributed by atoms with Crippen LogP contribution in [-0.2, 0) is 0 Å². The fourth-order valence-electron chi connectivity index (χ4n) is 2.53. The number of hydrogen-bond acceptors (Lipinski definition) is 8. The van der Waals surface area contributed by atoms with Gasteiger partial charge >= 0.3 is 0 Å². The van der Waals surface area contributed by atoms with Gasteiger partial charge in [0.05, 0.1) is 52.6 Å². The van der Waals surface area contributed by atoms with Gasteiger partial charge in [-0.1, -0.05) is 0 Å². The van der Waals surface area contributed by atoms with E-state index in [0.29, 0.717) is 13.3 Å². The predicted octanol–water partition coefficient (Wildman–Crippen LogP) is -3.41. The number of aliphatic hydroxyl groups excluding tert-OH is 4. The van der Waals surface area contributed by atoms with E-state index in [9.17, 15) is 20.4 Å². The Hall–Kier alpha value is -0.320. The summed E-state index contributed by atoms with van der Waals surface area (Å²) in [6.07, 6.45) is -0.399. The molecule has 2 saturated heterocycles. The predicted molar refractivity (Wildman–Crippen MR) is 53.0 cm³/mol. The van der Waals surface area contributed by atoms with Crippen molar-refractivity contribution in [3.8, 4) is 0 Å². The molecule has 8 heteroatoms. The highest BCUT2D eigenvalue weighted by atomic mass is 16.3. The van der Waals surface area contributed by atoms with Crippen LogP contribution in [0, 0.1) is 0 Å². The van der Waals surface area contributed by atoms with Gasteiger partial charge in [0.25, 0.3) is 0 Å². The van der Waals surface area contributed by atoms with Crippen LogP contribution in [0.4, 0.5) is 0 Å². The van der Waals surface area contributed by atoms with Gasteiger partial charge in [0.2, 0.25) is 0 Å². The van der Waals surface area contributed by atoms with Gasteiger partial charge in [-0.15, -0.1) is 0 Å². The van der Waals surface area contributed by atoms with Crippen LogP contribution in [0.2, 0.25) is 0 Å². The molecule has 2 rings (SSSR count). The highest BCUT2D eigenvalue weighted by molar-refractivity contribution is 4.94.